The molecular formula is C20H21Br2N2O4. The predicted molar refractivity (Wildman–Crippen MR) is 117 cm³/mol. The van der Waals surface area contributed by atoms with Gasteiger partial charge in [-0.3, -0.25) is 20.2 Å². The molecule has 2 aromatic carbocycles. The molecule has 1 radical (unpaired) electrons. The first-order valence-corrected chi connectivity index (χ1v) is 10.5. The van der Waals surface area contributed by atoms with E-state index in [2.05, 4.69) is 38.8 Å². The van der Waals surface area contributed by atoms with E-state index >= 15 is 0 Å². The predicted octanol–water partition coefficient (Wildman–Crippen LogP) is 7.31. The molecule has 0 aliphatic heterocycles. The van der Waals surface area contributed by atoms with E-state index in [1.54, 1.807) is 18.2 Å². The number of nitro groups is 2. The van der Waals surface area contributed by atoms with Gasteiger partial charge in [-0.25, -0.2) is 0 Å². The zero-order valence-corrected chi connectivity index (χ0v) is 18.6. The maximum absolute atomic E-state index is 11.5. The standard InChI is InChI=1S/C20H21Br2N2O4/c1-3-4-14(18-10-8-16(22)12-20(18)24(27)28)6-5-13(2)17-9-7-15(21)11-19(17)23(25)26/h7-14H,2-6H2,1H3. The second-order valence-corrected chi connectivity index (χ2v) is 8.51. The van der Waals surface area contributed by atoms with Crippen LogP contribution in [-0.4, -0.2) is 9.85 Å². The molecule has 2 aromatic rings. The first kappa shape index (κ1) is 22.5. The second kappa shape index (κ2) is 10.1. The van der Waals surface area contributed by atoms with E-state index in [0.717, 1.165) is 12.8 Å². The fraction of sp³-hybridized carbons (Fsp3) is 0.350. The molecule has 2 atom stereocenters. The van der Waals surface area contributed by atoms with Crippen LogP contribution in [-0.2, 0) is 0 Å². The minimum absolute atomic E-state index is 0.00254. The lowest BCUT2D eigenvalue weighted by atomic mass is 9.85. The average molecular weight is 513 g/mol. The summed E-state index contributed by atoms with van der Waals surface area (Å²) in [6.45, 7) is 6.16. The SMILES string of the molecule is [CH2]C(CCC(CCC)c1ccc(Br)cc1[N+](=O)[O-])c1ccc(Br)cc1[N+](=O)[O-]. The molecule has 2 rings (SSSR count). The first-order chi connectivity index (χ1) is 13.2. The molecule has 149 valence electrons. The minimum atomic E-state index is -0.401. The molecule has 0 saturated carbocycles. The molecule has 28 heavy (non-hydrogen) atoms. The Morgan fingerprint density at radius 1 is 0.893 bits per heavy atom. The van der Waals surface area contributed by atoms with Crippen molar-refractivity contribution in [2.24, 2.45) is 0 Å². The van der Waals surface area contributed by atoms with Crippen LogP contribution < -0.4 is 0 Å². The Bertz CT molecular complexity index is 873. The summed E-state index contributed by atoms with van der Waals surface area (Å²) in [6, 6.07) is 10.1. The smallest absolute Gasteiger partial charge is 0.258 e. The third-order valence-corrected chi connectivity index (χ3v) is 5.75. The van der Waals surface area contributed by atoms with E-state index in [1.165, 1.54) is 12.1 Å². The molecule has 0 aliphatic carbocycles. The molecule has 8 heteroatoms. The Morgan fingerprint density at radius 2 is 1.39 bits per heavy atom. The Hall–Kier alpha value is -1.80. The highest BCUT2D eigenvalue weighted by Crippen LogP contribution is 2.38. The van der Waals surface area contributed by atoms with E-state index < -0.39 is 4.92 Å². The van der Waals surface area contributed by atoms with Crippen LogP contribution in [0.2, 0.25) is 0 Å². The molecule has 6 nitrogen and oxygen atoms in total. The summed E-state index contributed by atoms with van der Waals surface area (Å²) >= 11 is 6.55. The van der Waals surface area contributed by atoms with Gasteiger partial charge in [-0.05, 0) is 50.2 Å². The van der Waals surface area contributed by atoms with E-state index in [0.29, 0.717) is 32.9 Å². The largest absolute Gasteiger partial charge is 0.273 e. The van der Waals surface area contributed by atoms with Crippen LogP contribution in [0, 0.1) is 27.2 Å². The zero-order valence-electron chi connectivity index (χ0n) is 15.4. The van der Waals surface area contributed by atoms with Crippen LogP contribution in [0.15, 0.2) is 45.3 Å². The van der Waals surface area contributed by atoms with Crippen molar-refractivity contribution in [2.75, 3.05) is 0 Å². The van der Waals surface area contributed by atoms with Crippen molar-refractivity contribution in [1.82, 2.24) is 0 Å². The monoisotopic (exact) mass is 511 g/mol. The van der Waals surface area contributed by atoms with Gasteiger partial charge in [0.1, 0.15) is 0 Å². The Morgan fingerprint density at radius 3 is 1.89 bits per heavy atom. The van der Waals surface area contributed by atoms with Crippen molar-refractivity contribution in [3.05, 3.63) is 83.6 Å². The van der Waals surface area contributed by atoms with Gasteiger partial charge < -0.3 is 0 Å². The fourth-order valence-electron chi connectivity index (χ4n) is 3.40. The highest BCUT2D eigenvalue weighted by molar-refractivity contribution is 9.10. The molecule has 0 heterocycles. The molecular weight excluding hydrogens is 492 g/mol. The second-order valence-electron chi connectivity index (χ2n) is 6.68. The maximum Gasteiger partial charge on any atom is 0.273 e. The number of nitro benzene ring substituents is 2. The van der Waals surface area contributed by atoms with Crippen molar-refractivity contribution < 1.29 is 9.85 Å². The lowest BCUT2D eigenvalue weighted by Crippen LogP contribution is -2.07. The van der Waals surface area contributed by atoms with Crippen molar-refractivity contribution in [3.8, 4) is 0 Å². The summed E-state index contributed by atoms with van der Waals surface area (Å²) in [5, 5.41) is 22.9. The molecule has 0 bridgehead atoms. The highest BCUT2D eigenvalue weighted by Gasteiger charge is 2.25. The molecule has 0 saturated heterocycles. The van der Waals surface area contributed by atoms with Gasteiger partial charge in [0.05, 0.1) is 9.85 Å². The van der Waals surface area contributed by atoms with E-state index in [4.69, 9.17) is 0 Å². The lowest BCUT2D eigenvalue weighted by Gasteiger charge is -2.20. The molecule has 0 aliphatic rings. The van der Waals surface area contributed by atoms with Crippen LogP contribution in [0.3, 0.4) is 0 Å². The van der Waals surface area contributed by atoms with E-state index in [-0.39, 0.29) is 28.1 Å². The van der Waals surface area contributed by atoms with Gasteiger partial charge in [0.15, 0.2) is 0 Å². The van der Waals surface area contributed by atoms with Gasteiger partial charge >= 0.3 is 0 Å². The lowest BCUT2D eigenvalue weighted by molar-refractivity contribution is -0.386. The Labute approximate surface area is 180 Å². The van der Waals surface area contributed by atoms with Crippen LogP contribution in [0.25, 0.3) is 0 Å². The number of benzene rings is 2. The normalized spacial score (nSPS) is 13.1. The van der Waals surface area contributed by atoms with Gasteiger partial charge in [-0.1, -0.05) is 57.3 Å². The molecule has 0 fully saturated rings. The van der Waals surface area contributed by atoms with Gasteiger partial charge in [0.2, 0.25) is 0 Å². The minimum Gasteiger partial charge on any atom is -0.258 e. The summed E-state index contributed by atoms with van der Waals surface area (Å²) < 4.78 is 1.31. The number of hydrogen-bond acceptors (Lipinski definition) is 4. The fourth-order valence-corrected chi connectivity index (χ4v) is 4.10. The first-order valence-electron chi connectivity index (χ1n) is 8.95. The van der Waals surface area contributed by atoms with Crippen molar-refractivity contribution in [1.29, 1.82) is 0 Å². The number of nitrogens with zero attached hydrogens (tertiary/aromatic N) is 2. The summed E-state index contributed by atoms with van der Waals surface area (Å²) in [4.78, 5) is 22.1. The van der Waals surface area contributed by atoms with Gasteiger partial charge in [-0.15, -0.1) is 0 Å². The highest BCUT2D eigenvalue weighted by atomic mass is 79.9. The number of hydrogen-bond donors (Lipinski definition) is 0. The quantitative estimate of drug-likeness (QED) is 0.260. The van der Waals surface area contributed by atoms with Crippen LogP contribution in [0.4, 0.5) is 11.4 Å². The molecule has 0 amide bonds. The van der Waals surface area contributed by atoms with Crippen molar-refractivity contribution in [3.63, 3.8) is 0 Å². The molecule has 0 aromatic heterocycles. The summed E-state index contributed by atoms with van der Waals surface area (Å²) in [7, 11) is 0. The van der Waals surface area contributed by atoms with Crippen molar-refractivity contribution in [2.45, 2.75) is 44.4 Å². The molecule has 2 unspecified atom stereocenters. The topological polar surface area (TPSA) is 86.3 Å². The van der Waals surface area contributed by atoms with Crippen LogP contribution in [0.5, 0.6) is 0 Å². The molecule has 0 spiro atoms. The van der Waals surface area contributed by atoms with E-state index in [9.17, 15) is 20.2 Å². The van der Waals surface area contributed by atoms with Gasteiger partial charge in [0, 0.05) is 32.2 Å². The van der Waals surface area contributed by atoms with Crippen molar-refractivity contribution >= 4 is 43.2 Å². The third kappa shape index (κ3) is 5.61. The Kier molecular flexibility index (Phi) is 8.12. The van der Waals surface area contributed by atoms with E-state index in [1.807, 2.05) is 13.0 Å². The summed E-state index contributed by atoms with van der Waals surface area (Å²) in [5.41, 5.74) is 1.42. The Balaban J connectivity index is 2.25. The zero-order chi connectivity index (χ0) is 20.8. The van der Waals surface area contributed by atoms with Crippen LogP contribution in [0.1, 0.15) is 55.6 Å². The molecule has 0 N–H and O–H groups in total. The number of rotatable bonds is 9. The number of halogens is 2. The van der Waals surface area contributed by atoms with Gasteiger partial charge in [0.25, 0.3) is 11.4 Å². The average Bonchev–Trinajstić information content (AvgIpc) is 2.64. The van der Waals surface area contributed by atoms with Gasteiger partial charge in [-0.2, -0.15) is 0 Å². The summed E-state index contributed by atoms with van der Waals surface area (Å²) in [6.07, 6.45) is 2.95. The maximum atomic E-state index is 11.5. The third-order valence-electron chi connectivity index (χ3n) is 4.76. The summed E-state index contributed by atoms with van der Waals surface area (Å²) in [5.74, 6) is -0.278. The van der Waals surface area contributed by atoms with Crippen LogP contribution >= 0.6 is 31.9 Å².